The third kappa shape index (κ3) is 4.13. The quantitative estimate of drug-likeness (QED) is 0.909. The first-order chi connectivity index (χ1) is 7.91. The molecule has 1 aromatic rings. The Balaban J connectivity index is 2.76. The average molecular weight is 300 g/mol. The zero-order valence-corrected chi connectivity index (χ0v) is 11.9. The molecule has 0 amide bonds. The van der Waals surface area contributed by atoms with E-state index in [-0.39, 0.29) is 5.92 Å². The monoisotopic (exact) mass is 299 g/mol. The predicted molar refractivity (Wildman–Crippen MR) is 71.9 cm³/mol. The Kier molecular flexibility index (Phi) is 5.15. The lowest BCUT2D eigenvalue weighted by molar-refractivity contribution is -0.144. The number of rotatable bonds is 5. The highest BCUT2D eigenvalue weighted by molar-refractivity contribution is 9.10. The summed E-state index contributed by atoms with van der Waals surface area (Å²) in [5.74, 6) is -0.679. The van der Waals surface area contributed by atoms with Gasteiger partial charge in [-0.05, 0) is 30.7 Å². The minimum atomic E-state index is -0.766. The van der Waals surface area contributed by atoms with Gasteiger partial charge in [-0.25, -0.2) is 0 Å². The zero-order valence-electron chi connectivity index (χ0n) is 10.4. The number of aliphatic carboxylic acids is 1. The SMILES string of the molecule is CC(C)C(C(=O)O)N(C)Cc1cccc(Br)c1. The van der Waals surface area contributed by atoms with E-state index in [9.17, 15) is 9.90 Å². The highest BCUT2D eigenvalue weighted by atomic mass is 79.9. The van der Waals surface area contributed by atoms with Gasteiger partial charge in [0.25, 0.3) is 0 Å². The van der Waals surface area contributed by atoms with E-state index in [0.717, 1.165) is 10.0 Å². The Hall–Kier alpha value is -0.870. The maximum atomic E-state index is 11.2. The topological polar surface area (TPSA) is 40.5 Å². The van der Waals surface area contributed by atoms with E-state index in [1.807, 2.05) is 50.1 Å². The highest BCUT2D eigenvalue weighted by Gasteiger charge is 2.25. The first-order valence-corrected chi connectivity index (χ1v) is 6.38. The van der Waals surface area contributed by atoms with Crippen LogP contribution < -0.4 is 0 Å². The molecule has 0 aromatic heterocycles. The van der Waals surface area contributed by atoms with Gasteiger partial charge in [0.15, 0.2) is 0 Å². The van der Waals surface area contributed by atoms with Gasteiger partial charge in [-0.15, -0.1) is 0 Å². The summed E-state index contributed by atoms with van der Waals surface area (Å²) in [7, 11) is 1.85. The van der Waals surface area contributed by atoms with Crippen molar-refractivity contribution in [2.45, 2.75) is 26.4 Å². The maximum Gasteiger partial charge on any atom is 0.321 e. The van der Waals surface area contributed by atoms with E-state index < -0.39 is 12.0 Å². The van der Waals surface area contributed by atoms with Gasteiger partial charge in [-0.1, -0.05) is 41.9 Å². The van der Waals surface area contributed by atoms with Gasteiger partial charge in [-0.3, -0.25) is 9.69 Å². The van der Waals surface area contributed by atoms with Crippen molar-refractivity contribution in [3.8, 4) is 0 Å². The second kappa shape index (κ2) is 6.17. The lowest BCUT2D eigenvalue weighted by atomic mass is 10.0. The normalized spacial score (nSPS) is 13.1. The van der Waals surface area contributed by atoms with Crippen LogP contribution in [0.2, 0.25) is 0 Å². The number of nitrogens with zero attached hydrogens (tertiary/aromatic N) is 1. The smallest absolute Gasteiger partial charge is 0.321 e. The van der Waals surface area contributed by atoms with Crippen molar-refractivity contribution in [2.75, 3.05) is 7.05 Å². The van der Waals surface area contributed by atoms with Crippen molar-refractivity contribution in [1.29, 1.82) is 0 Å². The minimum absolute atomic E-state index is 0.0876. The van der Waals surface area contributed by atoms with Crippen molar-refractivity contribution in [3.05, 3.63) is 34.3 Å². The average Bonchev–Trinajstić information content (AvgIpc) is 2.15. The highest BCUT2D eigenvalue weighted by Crippen LogP contribution is 2.16. The number of carboxylic acid groups (broad SMARTS) is 1. The van der Waals surface area contributed by atoms with Gasteiger partial charge < -0.3 is 5.11 Å². The molecule has 1 aromatic carbocycles. The van der Waals surface area contributed by atoms with E-state index in [2.05, 4.69) is 15.9 Å². The Bertz CT molecular complexity index is 393. The fourth-order valence-corrected chi connectivity index (χ4v) is 2.45. The Morgan fingerprint density at radius 1 is 1.47 bits per heavy atom. The number of halogens is 1. The molecule has 0 aliphatic heterocycles. The second-order valence-corrected chi connectivity index (χ2v) is 5.49. The van der Waals surface area contributed by atoms with Crippen LogP contribution in [0.3, 0.4) is 0 Å². The second-order valence-electron chi connectivity index (χ2n) is 4.57. The summed E-state index contributed by atoms with van der Waals surface area (Å²) < 4.78 is 1.01. The molecular formula is C13H18BrNO2. The molecule has 1 N–H and O–H groups in total. The van der Waals surface area contributed by atoms with E-state index in [0.29, 0.717) is 6.54 Å². The standard InChI is InChI=1S/C13H18BrNO2/c1-9(2)12(13(16)17)15(3)8-10-5-4-6-11(14)7-10/h4-7,9,12H,8H2,1-3H3,(H,16,17). The molecule has 0 saturated heterocycles. The first kappa shape index (κ1) is 14.2. The van der Waals surface area contributed by atoms with Crippen molar-refractivity contribution in [1.82, 2.24) is 4.90 Å². The molecule has 3 nitrogen and oxygen atoms in total. The van der Waals surface area contributed by atoms with Gasteiger partial charge >= 0.3 is 5.97 Å². The van der Waals surface area contributed by atoms with Crippen LogP contribution >= 0.6 is 15.9 Å². The van der Waals surface area contributed by atoms with Gasteiger partial charge in [0.05, 0.1) is 0 Å². The number of hydrogen-bond acceptors (Lipinski definition) is 2. The molecule has 94 valence electrons. The van der Waals surface area contributed by atoms with Crippen molar-refractivity contribution in [2.24, 2.45) is 5.92 Å². The van der Waals surface area contributed by atoms with Crippen molar-refractivity contribution >= 4 is 21.9 Å². The molecule has 0 heterocycles. The molecule has 1 unspecified atom stereocenters. The summed E-state index contributed by atoms with van der Waals surface area (Å²) in [5.41, 5.74) is 1.11. The number of hydrogen-bond donors (Lipinski definition) is 1. The Morgan fingerprint density at radius 3 is 2.59 bits per heavy atom. The number of carbonyl (C=O) groups is 1. The van der Waals surface area contributed by atoms with Crippen LogP contribution in [-0.2, 0) is 11.3 Å². The molecule has 4 heteroatoms. The van der Waals surface area contributed by atoms with Gasteiger partial charge in [0, 0.05) is 11.0 Å². The van der Waals surface area contributed by atoms with Crippen LogP contribution in [-0.4, -0.2) is 29.1 Å². The molecular weight excluding hydrogens is 282 g/mol. The molecule has 0 fully saturated rings. The largest absolute Gasteiger partial charge is 0.480 e. The fourth-order valence-electron chi connectivity index (χ4n) is 2.00. The van der Waals surface area contributed by atoms with E-state index >= 15 is 0 Å². The molecule has 1 atom stereocenters. The van der Waals surface area contributed by atoms with E-state index in [4.69, 9.17) is 0 Å². The summed E-state index contributed by atoms with van der Waals surface area (Å²) in [4.78, 5) is 13.1. The molecule has 0 spiro atoms. The third-order valence-electron chi connectivity index (χ3n) is 2.68. The van der Waals surface area contributed by atoms with Crippen LogP contribution in [0.25, 0.3) is 0 Å². The van der Waals surface area contributed by atoms with Gasteiger partial charge in [0.2, 0.25) is 0 Å². The van der Waals surface area contributed by atoms with Crippen LogP contribution in [0, 0.1) is 5.92 Å². The van der Waals surface area contributed by atoms with Crippen LogP contribution in [0.15, 0.2) is 28.7 Å². The maximum absolute atomic E-state index is 11.2. The van der Waals surface area contributed by atoms with Crippen LogP contribution in [0.1, 0.15) is 19.4 Å². The summed E-state index contributed by atoms with van der Waals surface area (Å²) in [6.07, 6.45) is 0. The molecule has 1 rings (SSSR count). The molecule has 17 heavy (non-hydrogen) atoms. The predicted octanol–water partition coefficient (Wildman–Crippen LogP) is 2.99. The summed E-state index contributed by atoms with van der Waals surface area (Å²) in [5, 5.41) is 9.20. The van der Waals surface area contributed by atoms with Crippen molar-refractivity contribution in [3.63, 3.8) is 0 Å². The summed E-state index contributed by atoms with van der Waals surface area (Å²) in [6, 6.07) is 7.48. The molecule has 0 aliphatic carbocycles. The Labute approximate surface area is 111 Å². The van der Waals surface area contributed by atoms with Crippen molar-refractivity contribution < 1.29 is 9.90 Å². The number of likely N-dealkylation sites (N-methyl/N-ethyl adjacent to an activating group) is 1. The van der Waals surface area contributed by atoms with Gasteiger partial charge in [0.1, 0.15) is 6.04 Å². The lowest BCUT2D eigenvalue weighted by Gasteiger charge is -2.27. The zero-order chi connectivity index (χ0) is 13.0. The fraction of sp³-hybridized carbons (Fsp3) is 0.462. The number of benzene rings is 1. The molecule has 0 saturated carbocycles. The molecule has 0 bridgehead atoms. The Morgan fingerprint density at radius 2 is 2.12 bits per heavy atom. The minimum Gasteiger partial charge on any atom is -0.480 e. The summed E-state index contributed by atoms with van der Waals surface area (Å²) >= 11 is 3.41. The lowest BCUT2D eigenvalue weighted by Crippen LogP contribution is -2.41. The first-order valence-electron chi connectivity index (χ1n) is 5.59. The number of carboxylic acids is 1. The van der Waals surface area contributed by atoms with E-state index in [1.165, 1.54) is 0 Å². The van der Waals surface area contributed by atoms with Crippen LogP contribution in [0.5, 0.6) is 0 Å². The van der Waals surface area contributed by atoms with Crippen LogP contribution in [0.4, 0.5) is 0 Å². The third-order valence-corrected chi connectivity index (χ3v) is 3.17. The summed E-state index contributed by atoms with van der Waals surface area (Å²) in [6.45, 7) is 4.49. The molecule has 0 aliphatic rings. The van der Waals surface area contributed by atoms with E-state index in [1.54, 1.807) is 0 Å². The molecule has 0 radical (unpaired) electrons. The van der Waals surface area contributed by atoms with Gasteiger partial charge in [-0.2, -0.15) is 0 Å².